The molecule has 3 fully saturated rings. The van der Waals surface area contributed by atoms with E-state index in [1.807, 2.05) is 0 Å². The van der Waals surface area contributed by atoms with Crippen LogP contribution in [0, 0.1) is 18.8 Å². The van der Waals surface area contributed by atoms with Crippen LogP contribution in [0.2, 0.25) is 0 Å². The summed E-state index contributed by atoms with van der Waals surface area (Å²) in [6, 6.07) is 4.25. The average molecular weight is 605 g/mol. The van der Waals surface area contributed by atoms with Gasteiger partial charge in [0.1, 0.15) is 10.1 Å². The number of carbonyl (C=O) groups is 3. The van der Waals surface area contributed by atoms with Gasteiger partial charge in [-0.15, -0.1) is 23.2 Å². The Bertz CT molecular complexity index is 1180. The molecule has 0 aromatic heterocycles. The Morgan fingerprint density at radius 3 is 1.68 bits per heavy atom. The second-order valence-corrected chi connectivity index (χ2v) is 14.4. The summed E-state index contributed by atoms with van der Waals surface area (Å²) in [5.41, 5.74) is 2.60. The summed E-state index contributed by atoms with van der Waals surface area (Å²) in [7, 11) is 0. The number of ether oxygens (including phenoxy) is 1. The monoisotopic (exact) mass is 603 g/mol. The Morgan fingerprint density at radius 1 is 0.947 bits per heavy atom. The highest BCUT2D eigenvalue weighted by Crippen LogP contribution is 2.76. The van der Waals surface area contributed by atoms with Crippen molar-refractivity contribution in [3.05, 3.63) is 44.5 Å². The second-order valence-electron chi connectivity index (χ2n) is 12.7. The van der Waals surface area contributed by atoms with E-state index >= 15 is 0 Å². The van der Waals surface area contributed by atoms with E-state index in [9.17, 15) is 14.4 Å². The molecule has 1 heterocycles. The molecule has 1 aliphatic heterocycles. The third kappa shape index (κ3) is 4.21. The lowest BCUT2D eigenvalue weighted by molar-refractivity contribution is -0.125. The van der Waals surface area contributed by atoms with Crippen LogP contribution in [0.15, 0.2) is 22.2 Å². The van der Waals surface area contributed by atoms with Crippen LogP contribution in [-0.2, 0) is 31.7 Å². The van der Waals surface area contributed by atoms with Crippen molar-refractivity contribution in [2.45, 2.75) is 94.2 Å². The lowest BCUT2D eigenvalue weighted by Crippen LogP contribution is -2.53. The maximum atomic E-state index is 12.3. The minimum atomic E-state index is -1.19. The molecule has 38 heavy (non-hydrogen) atoms. The fraction of sp³-hybridized carbons (Fsp3) is 0.607. The van der Waals surface area contributed by atoms with Gasteiger partial charge in [-0.3, -0.25) is 9.59 Å². The van der Waals surface area contributed by atoms with Gasteiger partial charge in [-0.05, 0) is 46.4 Å². The smallest absolute Gasteiger partial charge is 0.404 e. The highest BCUT2D eigenvalue weighted by atomic mass is 35.5. The summed E-state index contributed by atoms with van der Waals surface area (Å²) in [5.74, 6) is -1.37. The number of nitrogens with one attached hydrogen (secondary N) is 1. The van der Waals surface area contributed by atoms with Crippen LogP contribution in [0.25, 0.3) is 0 Å². The van der Waals surface area contributed by atoms with Crippen molar-refractivity contribution in [1.29, 1.82) is 0 Å². The number of alkyl halides is 2. The molecule has 1 saturated heterocycles. The highest BCUT2D eigenvalue weighted by Gasteiger charge is 2.93. The molecule has 0 spiro atoms. The standard InChI is InChI=1S/C17H27NO2.C11H6Cl4O3/c1-11-13(16(2,3)4)8-12(10-18-15(19)20)9-14(11)17(5,6)7;12-4-2-1-3(5(4)13)11-9(17)7(15)6(14)8(16)10(2,11)18-11/h8-9,18H,10H2,1-7H3,(H,19,20);2-5H,1H2. The zero-order valence-corrected chi connectivity index (χ0v) is 25.5. The lowest BCUT2D eigenvalue weighted by atomic mass is 9.71. The molecule has 2 saturated carbocycles. The van der Waals surface area contributed by atoms with Crippen molar-refractivity contribution in [2.24, 2.45) is 11.8 Å². The second kappa shape index (κ2) is 9.37. The summed E-state index contributed by atoms with van der Waals surface area (Å²) < 4.78 is 5.60. The van der Waals surface area contributed by atoms with Gasteiger partial charge in [-0.1, -0.05) is 76.9 Å². The van der Waals surface area contributed by atoms with Gasteiger partial charge in [0.15, 0.2) is 11.2 Å². The first kappa shape index (κ1) is 29.7. The largest absolute Gasteiger partial charge is 0.465 e. The average Bonchev–Trinajstić information content (AvgIpc) is 3.33. The van der Waals surface area contributed by atoms with E-state index in [0.29, 0.717) is 13.0 Å². The molecular formula is C28H33Cl4NO5. The molecule has 4 aliphatic rings. The van der Waals surface area contributed by atoms with Crippen LogP contribution in [0.5, 0.6) is 0 Å². The number of carbonyl (C=O) groups excluding carboxylic acids is 2. The Labute approximate surface area is 243 Å². The van der Waals surface area contributed by atoms with E-state index in [2.05, 4.69) is 65.9 Å². The SMILES string of the molecule is Cc1c(C(C)(C)C)cc(CNC(=O)O)cc1C(C)(C)C.O=C1C(Cl)=C(Cl)C(=O)C23OC12C1CC3C(Cl)C1Cl. The summed E-state index contributed by atoms with van der Waals surface area (Å²) in [6.07, 6.45) is -0.381. The van der Waals surface area contributed by atoms with Gasteiger partial charge in [-0.2, -0.15) is 0 Å². The molecule has 1 aromatic rings. The van der Waals surface area contributed by atoms with Crippen molar-refractivity contribution >= 4 is 64.1 Å². The lowest BCUT2D eigenvalue weighted by Gasteiger charge is -2.31. The van der Waals surface area contributed by atoms with Crippen LogP contribution in [-0.4, -0.2) is 44.7 Å². The molecule has 1 amide bonds. The predicted molar refractivity (Wildman–Crippen MR) is 150 cm³/mol. The van der Waals surface area contributed by atoms with Crippen molar-refractivity contribution < 1.29 is 24.2 Å². The molecule has 6 atom stereocenters. The number of hydrogen-bond acceptors (Lipinski definition) is 4. The first-order chi connectivity index (χ1) is 17.3. The molecule has 1 aromatic carbocycles. The number of fused-ring (bicyclic) bond motifs is 2. The van der Waals surface area contributed by atoms with Crippen molar-refractivity contribution in [2.75, 3.05) is 0 Å². The fourth-order valence-corrected chi connectivity index (χ4v) is 7.96. The van der Waals surface area contributed by atoms with E-state index in [4.69, 9.17) is 56.2 Å². The Kier molecular flexibility index (Phi) is 7.32. The van der Waals surface area contributed by atoms with Crippen molar-refractivity contribution in [3.63, 3.8) is 0 Å². The number of ketones is 2. The molecule has 0 radical (unpaired) electrons. The molecular weight excluding hydrogens is 572 g/mol. The van der Waals surface area contributed by atoms with Gasteiger partial charge < -0.3 is 15.2 Å². The third-order valence-corrected chi connectivity index (χ3v) is 10.3. The topological polar surface area (TPSA) is 96.0 Å². The zero-order valence-electron chi connectivity index (χ0n) is 22.5. The Morgan fingerprint density at radius 2 is 1.34 bits per heavy atom. The van der Waals surface area contributed by atoms with E-state index in [0.717, 1.165) is 5.56 Å². The Hall–Kier alpha value is -1.31. The van der Waals surface area contributed by atoms with Gasteiger partial charge in [0.2, 0.25) is 11.6 Å². The molecule has 6 unspecified atom stereocenters. The van der Waals surface area contributed by atoms with Crippen LogP contribution < -0.4 is 5.32 Å². The van der Waals surface area contributed by atoms with Crippen LogP contribution in [0.3, 0.4) is 0 Å². The summed E-state index contributed by atoms with van der Waals surface area (Å²) in [6.45, 7) is 15.7. The minimum absolute atomic E-state index is 0.0450. The summed E-state index contributed by atoms with van der Waals surface area (Å²) >= 11 is 24.1. The van der Waals surface area contributed by atoms with Crippen LogP contribution >= 0.6 is 46.4 Å². The number of halogens is 4. The maximum Gasteiger partial charge on any atom is 0.404 e. The fourth-order valence-electron chi connectivity index (χ4n) is 6.59. The van der Waals surface area contributed by atoms with E-state index in [-0.39, 0.29) is 43.5 Å². The van der Waals surface area contributed by atoms with Crippen molar-refractivity contribution in [1.82, 2.24) is 5.32 Å². The maximum absolute atomic E-state index is 12.3. The van der Waals surface area contributed by atoms with Crippen LogP contribution in [0.4, 0.5) is 4.79 Å². The number of rotatable bonds is 2. The summed E-state index contributed by atoms with van der Waals surface area (Å²) in [4.78, 5) is 35.3. The number of benzene rings is 1. The van der Waals surface area contributed by atoms with E-state index < -0.39 is 28.9 Å². The van der Waals surface area contributed by atoms with Gasteiger partial charge in [-0.25, -0.2) is 4.79 Å². The first-order valence-electron chi connectivity index (χ1n) is 12.6. The molecule has 10 heteroatoms. The first-order valence-corrected chi connectivity index (χ1v) is 14.2. The predicted octanol–water partition coefficient (Wildman–Crippen LogP) is 6.56. The number of Topliss-reactive ketones (excluding diaryl/α,β-unsaturated/α-hetero) is 2. The van der Waals surface area contributed by atoms with Gasteiger partial charge >= 0.3 is 6.09 Å². The van der Waals surface area contributed by atoms with E-state index in [1.54, 1.807) is 0 Å². The number of carboxylic acid groups (broad SMARTS) is 1. The minimum Gasteiger partial charge on any atom is -0.465 e. The normalized spacial score (nSPS) is 33.4. The summed E-state index contributed by atoms with van der Waals surface area (Å²) in [5, 5.41) is 9.99. The highest BCUT2D eigenvalue weighted by molar-refractivity contribution is 6.58. The van der Waals surface area contributed by atoms with E-state index in [1.165, 1.54) is 16.7 Å². The van der Waals surface area contributed by atoms with Crippen LogP contribution in [0.1, 0.15) is 70.2 Å². The van der Waals surface area contributed by atoms with Gasteiger partial charge in [0, 0.05) is 18.4 Å². The Balaban J connectivity index is 0.000000177. The van der Waals surface area contributed by atoms with Gasteiger partial charge in [0.05, 0.1) is 10.8 Å². The number of hydrogen-bond donors (Lipinski definition) is 2. The third-order valence-electron chi connectivity index (χ3n) is 8.25. The number of amides is 1. The zero-order chi connectivity index (χ0) is 28.7. The molecule has 2 N–H and O–H groups in total. The molecule has 208 valence electrons. The van der Waals surface area contributed by atoms with Gasteiger partial charge in [0.25, 0.3) is 0 Å². The molecule has 3 aliphatic carbocycles. The van der Waals surface area contributed by atoms with Crippen molar-refractivity contribution in [3.8, 4) is 0 Å². The molecule has 5 rings (SSSR count). The quantitative estimate of drug-likeness (QED) is 0.294. The number of epoxide rings is 1. The molecule has 6 nitrogen and oxygen atoms in total. The molecule has 2 bridgehead atoms.